The van der Waals surface area contributed by atoms with Gasteiger partial charge in [-0.2, -0.15) is 0 Å². The van der Waals surface area contributed by atoms with Crippen molar-refractivity contribution in [2.75, 3.05) is 32.9 Å². The molecule has 0 aliphatic heterocycles. The fourth-order valence-electron chi connectivity index (χ4n) is 2.00. The summed E-state index contributed by atoms with van der Waals surface area (Å²) in [7, 11) is 4.19. The third-order valence-electron chi connectivity index (χ3n) is 2.94. The lowest BCUT2D eigenvalue weighted by molar-refractivity contribution is 0.173. The van der Waals surface area contributed by atoms with Gasteiger partial charge in [0.15, 0.2) is 0 Å². The molecule has 0 amide bonds. The lowest BCUT2D eigenvalue weighted by atomic mass is 10.2. The van der Waals surface area contributed by atoms with Crippen molar-refractivity contribution in [2.45, 2.75) is 26.4 Å². The molecule has 0 aliphatic carbocycles. The van der Waals surface area contributed by atoms with Gasteiger partial charge in [0, 0.05) is 25.3 Å². The first-order chi connectivity index (χ1) is 8.04. The van der Waals surface area contributed by atoms with Crippen molar-refractivity contribution < 1.29 is 0 Å². The molecule has 0 aliphatic rings. The summed E-state index contributed by atoms with van der Waals surface area (Å²) in [5.41, 5.74) is 7.68. The Labute approximate surface area is 104 Å². The average Bonchev–Trinajstić information content (AvgIpc) is 2.27. The summed E-state index contributed by atoms with van der Waals surface area (Å²) < 4.78 is 0. The zero-order valence-corrected chi connectivity index (χ0v) is 11.3. The zero-order chi connectivity index (χ0) is 12.8. The van der Waals surface area contributed by atoms with Gasteiger partial charge in [0.25, 0.3) is 0 Å². The summed E-state index contributed by atoms with van der Waals surface area (Å²) in [6, 6.07) is 4.28. The number of rotatable bonds is 6. The highest BCUT2D eigenvalue weighted by Gasteiger charge is 2.14. The Balaban J connectivity index is 2.66. The van der Waals surface area contributed by atoms with Crippen LogP contribution in [0.15, 0.2) is 18.3 Å². The van der Waals surface area contributed by atoms with Crippen molar-refractivity contribution in [3.8, 4) is 0 Å². The number of nitrogen functional groups attached to an aromatic ring is 1. The molecule has 96 valence electrons. The Kier molecular flexibility index (Phi) is 5.38. The van der Waals surface area contributed by atoms with E-state index in [0.29, 0.717) is 6.04 Å². The highest BCUT2D eigenvalue weighted by atomic mass is 15.2. The van der Waals surface area contributed by atoms with E-state index in [4.69, 9.17) is 5.73 Å². The third kappa shape index (κ3) is 4.32. The topological polar surface area (TPSA) is 45.4 Å². The molecule has 1 rings (SSSR count). The van der Waals surface area contributed by atoms with Gasteiger partial charge in [0.05, 0.1) is 11.4 Å². The van der Waals surface area contributed by atoms with E-state index in [0.717, 1.165) is 31.0 Å². The van der Waals surface area contributed by atoms with Gasteiger partial charge in [-0.15, -0.1) is 0 Å². The van der Waals surface area contributed by atoms with Gasteiger partial charge in [-0.3, -0.25) is 9.88 Å². The first-order valence-electron chi connectivity index (χ1n) is 6.12. The van der Waals surface area contributed by atoms with E-state index >= 15 is 0 Å². The molecule has 0 spiro atoms. The van der Waals surface area contributed by atoms with E-state index in [1.807, 2.05) is 12.1 Å². The largest absolute Gasteiger partial charge is 0.397 e. The van der Waals surface area contributed by atoms with Crippen molar-refractivity contribution in [3.05, 3.63) is 24.0 Å². The van der Waals surface area contributed by atoms with Crippen LogP contribution >= 0.6 is 0 Å². The molecule has 1 unspecified atom stereocenters. The fraction of sp³-hybridized carbons (Fsp3) is 0.615. The van der Waals surface area contributed by atoms with E-state index in [2.05, 4.69) is 42.7 Å². The maximum Gasteiger partial charge on any atom is 0.0772 e. The van der Waals surface area contributed by atoms with Crippen molar-refractivity contribution >= 4 is 5.69 Å². The molecule has 0 saturated heterocycles. The van der Waals surface area contributed by atoms with E-state index in [-0.39, 0.29) is 0 Å². The van der Waals surface area contributed by atoms with Crippen LogP contribution < -0.4 is 5.73 Å². The minimum absolute atomic E-state index is 0.497. The molecule has 1 aromatic heterocycles. The van der Waals surface area contributed by atoms with Gasteiger partial charge < -0.3 is 10.6 Å². The summed E-state index contributed by atoms with van der Waals surface area (Å²) in [6.45, 7) is 7.28. The summed E-state index contributed by atoms with van der Waals surface area (Å²) in [6.07, 6.45) is 1.80. The predicted molar refractivity (Wildman–Crippen MR) is 72.7 cm³/mol. The van der Waals surface area contributed by atoms with Gasteiger partial charge in [-0.1, -0.05) is 6.92 Å². The Morgan fingerprint density at radius 2 is 2.12 bits per heavy atom. The Morgan fingerprint density at radius 3 is 2.65 bits per heavy atom. The smallest absolute Gasteiger partial charge is 0.0772 e. The minimum Gasteiger partial charge on any atom is -0.397 e. The van der Waals surface area contributed by atoms with Crippen molar-refractivity contribution in [1.29, 1.82) is 0 Å². The first-order valence-corrected chi connectivity index (χ1v) is 6.12. The molecule has 17 heavy (non-hydrogen) atoms. The second-order valence-electron chi connectivity index (χ2n) is 4.71. The van der Waals surface area contributed by atoms with E-state index in [1.54, 1.807) is 6.20 Å². The van der Waals surface area contributed by atoms with E-state index < -0.39 is 0 Å². The van der Waals surface area contributed by atoms with Crippen LogP contribution in [0.3, 0.4) is 0 Å². The quantitative estimate of drug-likeness (QED) is 0.812. The molecule has 1 aromatic rings. The number of hydrogen-bond donors (Lipinski definition) is 1. The molecule has 0 fully saturated rings. The average molecular weight is 236 g/mol. The number of likely N-dealkylation sites (N-methyl/N-ethyl adjacent to an activating group) is 2. The number of nitrogens with zero attached hydrogens (tertiary/aromatic N) is 3. The molecule has 1 heterocycles. The van der Waals surface area contributed by atoms with Crippen LogP contribution in [0.1, 0.15) is 19.5 Å². The molecule has 0 bridgehead atoms. The monoisotopic (exact) mass is 236 g/mol. The molecule has 1 atom stereocenters. The second kappa shape index (κ2) is 6.57. The molecule has 2 N–H and O–H groups in total. The number of anilines is 1. The molecular weight excluding hydrogens is 212 g/mol. The first kappa shape index (κ1) is 13.9. The summed E-state index contributed by atoms with van der Waals surface area (Å²) in [5, 5.41) is 0. The van der Waals surface area contributed by atoms with Crippen molar-refractivity contribution in [1.82, 2.24) is 14.8 Å². The van der Waals surface area contributed by atoms with Crippen LogP contribution in [-0.4, -0.2) is 48.0 Å². The molecular formula is C13H24N4. The van der Waals surface area contributed by atoms with Crippen LogP contribution in [0.5, 0.6) is 0 Å². The van der Waals surface area contributed by atoms with Gasteiger partial charge in [0.1, 0.15) is 0 Å². The fourth-order valence-corrected chi connectivity index (χ4v) is 2.00. The molecule has 0 saturated carbocycles. The van der Waals surface area contributed by atoms with E-state index in [1.165, 1.54) is 0 Å². The van der Waals surface area contributed by atoms with Crippen molar-refractivity contribution in [3.63, 3.8) is 0 Å². The second-order valence-corrected chi connectivity index (χ2v) is 4.71. The number of aromatic nitrogens is 1. The van der Waals surface area contributed by atoms with Gasteiger partial charge in [-0.05, 0) is 39.7 Å². The predicted octanol–water partition coefficient (Wildman–Crippen LogP) is 1.44. The van der Waals surface area contributed by atoms with Gasteiger partial charge in [-0.25, -0.2) is 0 Å². The number of pyridine rings is 1. The van der Waals surface area contributed by atoms with Gasteiger partial charge >= 0.3 is 0 Å². The van der Waals surface area contributed by atoms with Crippen LogP contribution in [-0.2, 0) is 6.54 Å². The number of nitrogens with two attached hydrogens (primary N) is 1. The van der Waals surface area contributed by atoms with E-state index in [9.17, 15) is 0 Å². The van der Waals surface area contributed by atoms with Crippen LogP contribution in [0.25, 0.3) is 0 Å². The molecule has 4 heteroatoms. The molecule has 0 aromatic carbocycles. The SMILES string of the molecule is CCN(Cc1ncccc1N)C(C)CN(C)C. The van der Waals surface area contributed by atoms with Crippen LogP contribution in [0.4, 0.5) is 5.69 Å². The molecule has 4 nitrogen and oxygen atoms in total. The highest BCUT2D eigenvalue weighted by molar-refractivity contribution is 5.41. The maximum atomic E-state index is 5.93. The summed E-state index contributed by atoms with van der Waals surface area (Å²) in [5.74, 6) is 0. The molecule has 0 radical (unpaired) electrons. The normalized spacial score (nSPS) is 13.3. The minimum atomic E-state index is 0.497. The van der Waals surface area contributed by atoms with Crippen molar-refractivity contribution in [2.24, 2.45) is 0 Å². The summed E-state index contributed by atoms with van der Waals surface area (Å²) in [4.78, 5) is 8.94. The lowest BCUT2D eigenvalue weighted by Crippen LogP contribution is -2.39. The Hall–Kier alpha value is -1.13. The maximum absolute atomic E-state index is 5.93. The highest BCUT2D eigenvalue weighted by Crippen LogP contribution is 2.12. The zero-order valence-electron chi connectivity index (χ0n) is 11.3. The lowest BCUT2D eigenvalue weighted by Gasteiger charge is -2.29. The number of hydrogen-bond acceptors (Lipinski definition) is 4. The standard InChI is InChI=1S/C13H24N4/c1-5-17(11(2)9-16(3)4)10-13-12(14)7-6-8-15-13/h6-8,11H,5,9-10,14H2,1-4H3. The van der Waals surface area contributed by atoms with Crippen LogP contribution in [0.2, 0.25) is 0 Å². The summed E-state index contributed by atoms with van der Waals surface area (Å²) >= 11 is 0. The Bertz CT molecular complexity index is 338. The van der Waals surface area contributed by atoms with Crippen LogP contribution in [0, 0.1) is 0 Å². The third-order valence-corrected chi connectivity index (χ3v) is 2.94. The van der Waals surface area contributed by atoms with Gasteiger partial charge in [0.2, 0.25) is 0 Å². The Morgan fingerprint density at radius 1 is 1.41 bits per heavy atom.